The first kappa shape index (κ1) is 19.2. The van der Waals surface area contributed by atoms with E-state index in [1.54, 1.807) is 0 Å². The zero-order chi connectivity index (χ0) is 18.9. The topological polar surface area (TPSA) is 41.6 Å². The highest BCUT2D eigenvalue weighted by Gasteiger charge is 2.48. The Kier molecular flexibility index (Phi) is 5.34. The van der Waals surface area contributed by atoms with Crippen LogP contribution in [0.5, 0.6) is 5.75 Å². The maximum atomic E-state index is 12.7. The second kappa shape index (κ2) is 7.22. The summed E-state index contributed by atoms with van der Waals surface area (Å²) in [5, 5.41) is 3.27. The number of carbonyl (C=O) groups is 1. The van der Waals surface area contributed by atoms with E-state index in [-0.39, 0.29) is 17.7 Å². The number of rotatable bonds is 4. The Morgan fingerprint density at radius 3 is 2.81 bits per heavy atom. The lowest BCUT2D eigenvalue weighted by Crippen LogP contribution is -2.57. The van der Waals surface area contributed by atoms with Crippen molar-refractivity contribution in [3.05, 3.63) is 29.8 Å². The van der Waals surface area contributed by atoms with E-state index in [9.17, 15) is 4.79 Å². The van der Waals surface area contributed by atoms with E-state index in [4.69, 9.17) is 4.74 Å². The molecule has 0 radical (unpaired) electrons. The number of ether oxygens (including phenoxy) is 1. The average molecular weight is 359 g/mol. The zero-order valence-corrected chi connectivity index (χ0v) is 17.0. The summed E-state index contributed by atoms with van der Waals surface area (Å²) >= 11 is 0. The van der Waals surface area contributed by atoms with E-state index in [1.165, 1.54) is 19.3 Å². The highest BCUT2D eigenvalue weighted by atomic mass is 16.6. The number of nitrogens with zero attached hydrogens (tertiary/aromatic N) is 1. The first-order valence-corrected chi connectivity index (χ1v) is 9.97. The molecule has 0 aromatic heterocycles. The summed E-state index contributed by atoms with van der Waals surface area (Å²) in [6.07, 6.45) is 6.65. The van der Waals surface area contributed by atoms with Crippen LogP contribution in [0, 0.1) is 11.3 Å². The molecular weight excluding hydrogens is 324 g/mol. The third-order valence-electron chi connectivity index (χ3n) is 6.47. The maximum Gasteiger partial charge on any atom is 0.413 e. The van der Waals surface area contributed by atoms with Gasteiger partial charge in [-0.1, -0.05) is 32.4 Å². The normalized spacial score (nSPS) is 32.2. The second-order valence-corrected chi connectivity index (χ2v) is 9.36. The van der Waals surface area contributed by atoms with Gasteiger partial charge in [0.1, 0.15) is 5.75 Å². The molecule has 4 nitrogen and oxygen atoms in total. The molecule has 0 unspecified atom stereocenters. The van der Waals surface area contributed by atoms with Crippen LogP contribution in [-0.2, 0) is 0 Å². The van der Waals surface area contributed by atoms with Crippen molar-refractivity contribution in [1.82, 2.24) is 10.2 Å². The molecule has 144 valence electrons. The molecule has 2 saturated carbocycles. The minimum Gasteiger partial charge on any atom is -0.410 e. The number of hydrogen-bond acceptors (Lipinski definition) is 3. The van der Waals surface area contributed by atoms with Gasteiger partial charge in [0.2, 0.25) is 0 Å². The number of nitrogens with one attached hydrogen (secondary N) is 1. The van der Waals surface area contributed by atoms with Crippen molar-refractivity contribution in [2.45, 2.75) is 70.9 Å². The number of fused-ring (bicyclic) bond motifs is 2. The highest BCUT2D eigenvalue weighted by Crippen LogP contribution is 2.52. The first-order chi connectivity index (χ1) is 12.2. The summed E-state index contributed by atoms with van der Waals surface area (Å²) in [5.74, 6) is 1.27. The van der Waals surface area contributed by atoms with E-state index in [1.807, 2.05) is 32.3 Å². The van der Waals surface area contributed by atoms with Crippen LogP contribution in [0.4, 0.5) is 4.79 Å². The Morgan fingerprint density at radius 1 is 1.31 bits per heavy atom. The minimum atomic E-state index is -0.307. The van der Waals surface area contributed by atoms with Crippen molar-refractivity contribution >= 4 is 6.09 Å². The summed E-state index contributed by atoms with van der Waals surface area (Å²) in [6, 6.07) is 8.13. The molecule has 1 aromatic carbocycles. The van der Waals surface area contributed by atoms with E-state index in [0.29, 0.717) is 17.1 Å². The van der Waals surface area contributed by atoms with Crippen molar-refractivity contribution in [3.8, 4) is 5.75 Å². The predicted molar refractivity (Wildman–Crippen MR) is 105 cm³/mol. The van der Waals surface area contributed by atoms with Gasteiger partial charge in [0.25, 0.3) is 0 Å². The van der Waals surface area contributed by atoms with Gasteiger partial charge < -0.3 is 15.0 Å². The first-order valence-electron chi connectivity index (χ1n) is 9.97. The monoisotopic (exact) mass is 358 g/mol. The van der Waals surface area contributed by atoms with Crippen molar-refractivity contribution in [2.75, 3.05) is 14.1 Å². The second-order valence-electron chi connectivity index (χ2n) is 9.36. The minimum absolute atomic E-state index is 0.0870. The van der Waals surface area contributed by atoms with Crippen molar-refractivity contribution in [2.24, 2.45) is 11.3 Å². The molecular formula is C22H34N2O2. The van der Waals surface area contributed by atoms with Crippen molar-refractivity contribution < 1.29 is 9.53 Å². The lowest BCUT2D eigenvalue weighted by atomic mass is 9.57. The SMILES string of the molecule is C[C@@H]1C[C@]2(C)CCC[C@](NC(=O)Oc3cccc([C@H](C)N(C)C)c3)(C1)C2. The smallest absolute Gasteiger partial charge is 0.410 e. The van der Waals surface area contributed by atoms with Gasteiger partial charge in [-0.15, -0.1) is 0 Å². The van der Waals surface area contributed by atoms with Crippen molar-refractivity contribution in [1.29, 1.82) is 0 Å². The quantitative estimate of drug-likeness (QED) is 0.809. The third kappa shape index (κ3) is 4.22. The number of carbonyl (C=O) groups excluding carboxylic acids is 1. The molecule has 4 atom stereocenters. The van der Waals surface area contributed by atoms with Gasteiger partial charge in [0.05, 0.1) is 0 Å². The van der Waals surface area contributed by atoms with Crippen LogP contribution in [0.1, 0.15) is 70.9 Å². The largest absolute Gasteiger partial charge is 0.413 e. The summed E-state index contributed by atoms with van der Waals surface area (Å²) in [6.45, 7) is 6.84. The van der Waals surface area contributed by atoms with Gasteiger partial charge in [0, 0.05) is 11.6 Å². The van der Waals surface area contributed by atoms with E-state index < -0.39 is 0 Å². The molecule has 0 spiro atoms. The van der Waals surface area contributed by atoms with Gasteiger partial charge in [-0.05, 0) is 82.2 Å². The average Bonchev–Trinajstić information content (AvgIpc) is 2.52. The molecule has 2 aliphatic carbocycles. The highest BCUT2D eigenvalue weighted by molar-refractivity contribution is 5.71. The predicted octanol–water partition coefficient (Wildman–Crippen LogP) is 5.15. The molecule has 0 aliphatic heterocycles. The molecule has 2 aliphatic rings. The van der Waals surface area contributed by atoms with Gasteiger partial charge in [-0.2, -0.15) is 0 Å². The van der Waals surface area contributed by atoms with Crippen LogP contribution in [0.2, 0.25) is 0 Å². The molecule has 4 heteroatoms. The molecule has 1 aromatic rings. The lowest BCUT2D eigenvalue weighted by molar-refractivity contribution is 0.0213. The summed E-state index contributed by atoms with van der Waals surface area (Å²) in [4.78, 5) is 14.8. The standard InChI is InChI=1S/C22H34N2O2/c1-16-13-21(3)10-7-11-22(14-16,15-21)23-20(25)26-19-9-6-8-18(12-19)17(2)24(4)5/h6,8-9,12,16-17H,7,10-11,13-15H2,1-5H3,(H,23,25)/t16-,17+,21+,22+/m1/s1. The van der Waals surface area contributed by atoms with E-state index in [0.717, 1.165) is 24.8 Å². The zero-order valence-electron chi connectivity index (χ0n) is 17.0. The molecule has 3 rings (SSSR count). The van der Waals surface area contributed by atoms with Gasteiger partial charge >= 0.3 is 6.09 Å². The Morgan fingerprint density at radius 2 is 2.08 bits per heavy atom. The van der Waals surface area contributed by atoms with Gasteiger partial charge in [0.15, 0.2) is 0 Å². The van der Waals surface area contributed by atoms with Crippen LogP contribution in [-0.4, -0.2) is 30.6 Å². The van der Waals surface area contributed by atoms with Gasteiger partial charge in [-0.3, -0.25) is 0 Å². The Labute approximate surface area is 158 Å². The van der Waals surface area contributed by atoms with Gasteiger partial charge in [-0.25, -0.2) is 4.79 Å². The Balaban J connectivity index is 1.68. The van der Waals surface area contributed by atoms with E-state index >= 15 is 0 Å². The fraction of sp³-hybridized carbons (Fsp3) is 0.682. The molecule has 0 saturated heterocycles. The van der Waals surface area contributed by atoms with Crippen LogP contribution in [0.15, 0.2) is 24.3 Å². The third-order valence-corrected chi connectivity index (χ3v) is 6.47. The summed E-state index contributed by atoms with van der Waals surface area (Å²) < 4.78 is 5.67. The van der Waals surface area contributed by atoms with Crippen LogP contribution in [0.25, 0.3) is 0 Å². The maximum absolute atomic E-state index is 12.7. The van der Waals surface area contributed by atoms with Crippen LogP contribution < -0.4 is 10.1 Å². The molecule has 1 N–H and O–H groups in total. The summed E-state index contributed by atoms with van der Waals surface area (Å²) in [7, 11) is 4.10. The molecule has 2 bridgehead atoms. The molecule has 2 fully saturated rings. The van der Waals surface area contributed by atoms with Crippen LogP contribution >= 0.6 is 0 Å². The van der Waals surface area contributed by atoms with Crippen LogP contribution in [0.3, 0.4) is 0 Å². The Hall–Kier alpha value is -1.55. The fourth-order valence-electron chi connectivity index (χ4n) is 5.42. The molecule has 1 amide bonds. The lowest BCUT2D eigenvalue weighted by Gasteiger charge is -2.53. The number of amides is 1. The Bertz CT molecular complexity index is 659. The van der Waals surface area contributed by atoms with E-state index in [2.05, 4.69) is 37.1 Å². The number of hydrogen-bond donors (Lipinski definition) is 1. The number of benzene rings is 1. The molecule has 26 heavy (non-hydrogen) atoms. The fourth-order valence-corrected chi connectivity index (χ4v) is 5.42. The van der Waals surface area contributed by atoms with Crippen molar-refractivity contribution in [3.63, 3.8) is 0 Å². The summed E-state index contributed by atoms with van der Waals surface area (Å²) in [5.41, 5.74) is 1.43. The molecule has 0 heterocycles.